The van der Waals surface area contributed by atoms with Crippen LogP contribution < -0.4 is 4.74 Å². The molecule has 0 N–H and O–H groups in total. The zero-order valence-corrected chi connectivity index (χ0v) is 17.6. The average molecular weight is 407 g/mol. The Hall–Kier alpha value is -0.930. The monoisotopic (exact) mass is 406 g/mol. The first-order valence-electron chi connectivity index (χ1n) is 8.43. The summed E-state index contributed by atoms with van der Waals surface area (Å²) in [6.07, 6.45) is 2.18. The molecule has 130 valence electrons. The summed E-state index contributed by atoms with van der Waals surface area (Å²) in [5, 5.41) is 0. The number of rotatable bonds is 6. The van der Waals surface area contributed by atoms with Crippen LogP contribution in [-0.4, -0.2) is 11.9 Å². The summed E-state index contributed by atoms with van der Waals surface area (Å²) in [5.41, 5.74) is 2.80. The normalized spacial score (nSPS) is 12.9. The summed E-state index contributed by atoms with van der Waals surface area (Å²) < 4.78 is 6.65. The molecule has 2 rings (SSSR count). The predicted molar refractivity (Wildman–Crippen MR) is 109 cm³/mol. The van der Waals surface area contributed by atoms with Crippen molar-refractivity contribution in [3.63, 3.8) is 0 Å². The van der Waals surface area contributed by atoms with Crippen molar-refractivity contribution in [2.45, 2.75) is 56.1 Å². The molecule has 0 unspecified atom stereocenters. The highest BCUT2D eigenvalue weighted by molar-refractivity contribution is 9.10. The number of hydrogen-bond acceptors (Lipinski definition) is 2. The van der Waals surface area contributed by atoms with E-state index in [0.717, 1.165) is 23.1 Å². The molecule has 3 heteroatoms. The van der Waals surface area contributed by atoms with Gasteiger partial charge in [0.15, 0.2) is 0 Å². The first kappa shape index (κ1) is 19.4. The van der Waals surface area contributed by atoms with Gasteiger partial charge in [-0.2, -0.15) is 0 Å². The van der Waals surface area contributed by atoms with Crippen LogP contribution in [-0.2, 0) is 6.42 Å². The van der Waals surface area contributed by atoms with Gasteiger partial charge in [-0.05, 0) is 60.2 Å². The molecule has 0 saturated carbocycles. The minimum Gasteiger partial charge on any atom is -0.497 e. The number of ether oxygens (including phenoxy) is 1. The minimum absolute atomic E-state index is 0.213. The maximum absolute atomic E-state index is 5.28. The van der Waals surface area contributed by atoms with Crippen molar-refractivity contribution in [3.05, 3.63) is 58.1 Å². The maximum Gasteiger partial charge on any atom is 0.118 e. The van der Waals surface area contributed by atoms with E-state index in [0.29, 0.717) is 5.92 Å². The van der Waals surface area contributed by atoms with Crippen molar-refractivity contribution in [1.82, 2.24) is 0 Å². The second kappa shape index (κ2) is 8.44. The highest BCUT2D eigenvalue weighted by Crippen LogP contribution is 2.38. The first-order valence-corrected chi connectivity index (χ1v) is 10.0. The largest absolute Gasteiger partial charge is 0.497 e. The zero-order chi connectivity index (χ0) is 17.7. The molecule has 1 nitrogen and oxygen atoms in total. The molecule has 1 atom stereocenters. The van der Waals surface area contributed by atoms with Crippen molar-refractivity contribution in [2.24, 2.45) is 0 Å². The molecular weight excluding hydrogens is 380 g/mol. The quantitative estimate of drug-likeness (QED) is 0.473. The van der Waals surface area contributed by atoms with Gasteiger partial charge in [0.05, 0.1) is 7.11 Å². The van der Waals surface area contributed by atoms with E-state index in [9.17, 15) is 0 Å². The van der Waals surface area contributed by atoms with Crippen LogP contribution in [0.3, 0.4) is 0 Å². The van der Waals surface area contributed by atoms with Crippen molar-refractivity contribution < 1.29 is 4.74 Å². The van der Waals surface area contributed by atoms with Crippen LogP contribution in [0.1, 0.15) is 51.2 Å². The maximum atomic E-state index is 5.28. The Kier molecular flexibility index (Phi) is 6.82. The molecule has 0 aliphatic heterocycles. The van der Waals surface area contributed by atoms with E-state index in [4.69, 9.17) is 4.74 Å². The number of hydrogen-bond donors (Lipinski definition) is 0. The molecule has 0 fully saturated rings. The highest BCUT2D eigenvalue weighted by Gasteiger charge is 2.18. The fourth-order valence-electron chi connectivity index (χ4n) is 2.78. The average Bonchev–Trinajstić information content (AvgIpc) is 2.54. The Morgan fingerprint density at radius 1 is 1.08 bits per heavy atom. The number of thioether (sulfide) groups is 1. The van der Waals surface area contributed by atoms with E-state index < -0.39 is 0 Å². The fraction of sp³-hybridized carbons (Fsp3) is 0.429. The van der Waals surface area contributed by atoms with E-state index >= 15 is 0 Å². The molecule has 0 bridgehead atoms. The lowest BCUT2D eigenvalue weighted by atomic mass is 9.90. The van der Waals surface area contributed by atoms with Gasteiger partial charge in [-0.3, -0.25) is 0 Å². The summed E-state index contributed by atoms with van der Waals surface area (Å²) in [6.45, 7) is 9.07. The molecule has 2 aromatic rings. The standard InChI is InChI=1S/C21H27BrOS/c1-6-15(16-7-10-19(23-5)11-8-16)13-17-14-18(22)9-12-20(17)24-21(2,3)4/h7-12,14-15H,6,13H2,1-5H3/t15-/m1/s1. The topological polar surface area (TPSA) is 9.23 Å². The second-order valence-electron chi connectivity index (χ2n) is 7.05. The zero-order valence-electron chi connectivity index (χ0n) is 15.2. The highest BCUT2D eigenvalue weighted by atomic mass is 79.9. The number of benzene rings is 2. The Labute approximate surface area is 159 Å². The summed E-state index contributed by atoms with van der Waals surface area (Å²) in [6, 6.07) is 15.2. The molecule has 0 aliphatic carbocycles. The van der Waals surface area contributed by atoms with Gasteiger partial charge < -0.3 is 4.74 Å². The van der Waals surface area contributed by atoms with Crippen LogP contribution in [0.2, 0.25) is 0 Å². The SMILES string of the molecule is CC[C@H](Cc1cc(Br)ccc1SC(C)(C)C)c1ccc(OC)cc1. The minimum atomic E-state index is 0.213. The lowest BCUT2D eigenvalue weighted by Gasteiger charge is -2.22. The van der Waals surface area contributed by atoms with E-state index in [1.54, 1.807) is 7.11 Å². The predicted octanol–water partition coefficient (Wildman–Crippen LogP) is 7.08. The Bertz CT molecular complexity index is 659. The molecule has 24 heavy (non-hydrogen) atoms. The van der Waals surface area contributed by atoms with Crippen LogP contribution in [0, 0.1) is 0 Å². The van der Waals surface area contributed by atoms with Crippen molar-refractivity contribution in [3.8, 4) is 5.75 Å². The number of methoxy groups -OCH3 is 1. The van der Waals surface area contributed by atoms with Crippen LogP contribution in [0.5, 0.6) is 5.75 Å². The molecule has 2 aromatic carbocycles. The lowest BCUT2D eigenvalue weighted by molar-refractivity contribution is 0.414. The summed E-state index contributed by atoms with van der Waals surface area (Å²) in [4.78, 5) is 1.39. The van der Waals surface area contributed by atoms with Gasteiger partial charge in [-0.25, -0.2) is 0 Å². The Morgan fingerprint density at radius 3 is 2.29 bits per heavy atom. The van der Waals surface area contributed by atoms with Gasteiger partial charge >= 0.3 is 0 Å². The first-order chi connectivity index (χ1) is 11.3. The van der Waals surface area contributed by atoms with E-state index in [-0.39, 0.29) is 4.75 Å². The van der Waals surface area contributed by atoms with E-state index in [1.807, 2.05) is 11.8 Å². The van der Waals surface area contributed by atoms with Crippen molar-refractivity contribution in [1.29, 1.82) is 0 Å². The molecule has 0 spiro atoms. The van der Waals surface area contributed by atoms with Gasteiger partial charge in [-0.1, -0.05) is 55.8 Å². The van der Waals surface area contributed by atoms with Crippen LogP contribution in [0.25, 0.3) is 0 Å². The van der Waals surface area contributed by atoms with Crippen LogP contribution in [0.4, 0.5) is 0 Å². The van der Waals surface area contributed by atoms with Gasteiger partial charge in [0.1, 0.15) is 5.75 Å². The van der Waals surface area contributed by atoms with Gasteiger partial charge in [0, 0.05) is 14.1 Å². The summed E-state index contributed by atoms with van der Waals surface area (Å²) in [5.74, 6) is 1.43. The summed E-state index contributed by atoms with van der Waals surface area (Å²) in [7, 11) is 1.71. The van der Waals surface area contributed by atoms with Crippen LogP contribution >= 0.6 is 27.7 Å². The second-order valence-corrected chi connectivity index (χ2v) is 9.83. The molecule has 0 saturated heterocycles. The van der Waals surface area contributed by atoms with Gasteiger partial charge in [-0.15, -0.1) is 11.8 Å². The molecular formula is C21H27BrOS. The smallest absolute Gasteiger partial charge is 0.118 e. The Morgan fingerprint density at radius 2 is 1.75 bits per heavy atom. The third-order valence-corrected chi connectivity index (χ3v) is 5.71. The third kappa shape index (κ3) is 5.56. The fourth-order valence-corrected chi connectivity index (χ4v) is 4.25. The Balaban J connectivity index is 2.27. The van der Waals surface area contributed by atoms with Crippen molar-refractivity contribution in [2.75, 3.05) is 7.11 Å². The lowest BCUT2D eigenvalue weighted by Crippen LogP contribution is -2.09. The molecule has 0 amide bonds. The van der Waals surface area contributed by atoms with Crippen LogP contribution in [0.15, 0.2) is 51.8 Å². The number of halogens is 1. The van der Waals surface area contributed by atoms with E-state index in [2.05, 4.69) is 86.1 Å². The molecule has 0 aromatic heterocycles. The third-order valence-electron chi connectivity index (χ3n) is 3.98. The van der Waals surface area contributed by atoms with E-state index in [1.165, 1.54) is 16.0 Å². The summed E-state index contributed by atoms with van der Waals surface area (Å²) >= 11 is 5.59. The van der Waals surface area contributed by atoms with Gasteiger partial charge in [0.2, 0.25) is 0 Å². The molecule has 0 radical (unpaired) electrons. The molecule has 0 heterocycles. The van der Waals surface area contributed by atoms with Crippen molar-refractivity contribution >= 4 is 27.7 Å². The molecule has 0 aliphatic rings. The van der Waals surface area contributed by atoms with Gasteiger partial charge in [0.25, 0.3) is 0 Å².